The van der Waals surface area contributed by atoms with Crippen LogP contribution in [0.1, 0.15) is 25.9 Å². The van der Waals surface area contributed by atoms with Gasteiger partial charge in [-0.25, -0.2) is 4.98 Å². The van der Waals surface area contributed by atoms with Gasteiger partial charge in [-0.15, -0.1) is 11.3 Å². The number of thiazole rings is 1. The fraction of sp³-hybridized carbons (Fsp3) is 0.136. The highest BCUT2D eigenvalue weighted by Gasteiger charge is 2.33. The quantitative estimate of drug-likeness (QED) is 0.333. The summed E-state index contributed by atoms with van der Waals surface area (Å²) in [6.07, 6.45) is -4.49. The van der Waals surface area contributed by atoms with Crippen LogP contribution in [-0.4, -0.2) is 10.9 Å². The highest BCUT2D eigenvalue weighted by atomic mass is 32.1. The molecule has 0 radical (unpaired) electrons. The molecule has 0 fully saturated rings. The largest absolute Gasteiger partial charge is 0.416 e. The second-order valence-electron chi connectivity index (χ2n) is 6.92. The molecular formula is C22H17F3N3OS2+. The first-order chi connectivity index (χ1) is 14.6. The van der Waals surface area contributed by atoms with Crippen molar-refractivity contribution in [1.29, 1.82) is 0 Å². The van der Waals surface area contributed by atoms with Crippen LogP contribution in [0.4, 0.5) is 24.5 Å². The average Bonchev–Trinajstić information content (AvgIpc) is 3.11. The molecule has 0 bridgehead atoms. The van der Waals surface area contributed by atoms with Crippen molar-refractivity contribution in [3.8, 4) is 20.9 Å². The number of aromatic nitrogens is 1. The lowest BCUT2D eigenvalue weighted by atomic mass is 10.1. The molecule has 0 unspecified atom stereocenters. The van der Waals surface area contributed by atoms with Gasteiger partial charge in [-0.1, -0.05) is 12.1 Å². The second-order valence-corrected chi connectivity index (χ2v) is 9.18. The molecule has 1 aromatic heterocycles. The molecule has 4 rings (SSSR count). The van der Waals surface area contributed by atoms with Gasteiger partial charge in [-0.2, -0.15) is 13.2 Å². The van der Waals surface area contributed by atoms with Crippen LogP contribution in [0.25, 0.3) is 20.9 Å². The normalized spacial score (nSPS) is 11.6. The Bertz CT molecular complexity index is 1270. The molecule has 2 heterocycles. The van der Waals surface area contributed by atoms with Crippen molar-refractivity contribution in [2.24, 2.45) is 0 Å². The van der Waals surface area contributed by atoms with Crippen LogP contribution in [-0.2, 0) is 6.18 Å². The zero-order chi connectivity index (χ0) is 22.3. The van der Waals surface area contributed by atoms with Crippen molar-refractivity contribution < 1.29 is 18.0 Å². The molecule has 0 saturated heterocycles. The Morgan fingerprint density at radius 1 is 1.13 bits per heavy atom. The third-order valence-electron chi connectivity index (χ3n) is 4.68. The molecule has 158 valence electrons. The van der Waals surface area contributed by atoms with E-state index < -0.39 is 17.6 Å². The summed E-state index contributed by atoms with van der Waals surface area (Å²) < 4.78 is 38.7. The van der Waals surface area contributed by atoms with Crippen LogP contribution in [0.2, 0.25) is 0 Å². The number of aryl methyl sites for hydroxylation is 2. The predicted octanol–water partition coefficient (Wildman–Crippen LogP) is 6.73. The van der Waals surface area contributed by atoms with Crippen molar-refractivity contribution >= 4 is 40.0 Å². The minimum absolute atomic E-state index is 0.0561. The number of amides is 1. The minimum Gasteiger partial charge on any atom is -0.393 e. The summed E-state index contributed by atoms with van der Waals surface area (Å²) in [5, 5.41) is 3.49. The molecule has 4 nitrogen and oxygen atoms in total. The number of hydrogen-bond donors (Lipinski definition) is 2. The molecule has 2 aromatic rings. The van der Waals surface area contributed by atoms with Gasteiger partial charge in [0, 0.05) is 11.8 Å². The molecule has 2 aliphatic rings. The number of carbonyl (C=O) groups excluding carboxylic acids is 1. The predicted molar refractivity (Wildman–Crippen MR) is 120 cm³/mol. The number of fused-ring (bicyclic) bond motifs is 1. The lowest BCUT2D eigenvalue weighted by molar-refractivity contribution is -0.137. The van der Waals surface area contributed by atoms with Gasteiger partial charge >= 0.3 is 17.0 Å². The van der Waals surface area contributed by atoms with E-state index in [1.807, 2.05) is 38.1 Å². The number of nitrogens with one attached hydrogen (secondary N) is 1. The Labute approximate surface area is 184 Å². The van der Waals surface area contributed by atoms with Crippen molar-refractivity contribution in [3.63, 3.8) is 0 Å². The van der Waals surface area contributed by atoms with E-state index in [4.69, 9.17) is 5.73 Å². The molecule has 3 N–H and O–H groups in total. The minimum atomic E-state index is -4.49. The Morgan fingerprint density at radius 3 is 2.55 bits per heavy atom. The summed E-state index contributed by atoms with van der Waals surface area (Å²) in [6.45, 7) is 3.91. The molecule has 0 atom stereocenters. The Kier molecular flexibility index (Phi) is 5.40. The van der Waals surface area contributed by atoms with Gasteiger partial charge in [0.25, 0.3) is 0 Å². The highest BCUT2D eigenvalue weighted by Crippen LogP contribution is 2.41. The van der Waals surface area contributed by atoms with Crippen molar-refractivity contribution in [2.45, 2.75) is 20.0 Å². The molecule has 1 amide bonds. The maximum atomic E-state index is 12.9. The molecule has 1 aromatic carbocycles. The van der Waals surface area contributed by atoms with Crippen LogP contribution in [0.3, 0.4) is 0 Å². The number of hydrogen-bond acceptors (Lipinski definition) is 4. The second kappa shape index (κ2) is 7.90. The number of anilines is 2. The van der Waals surface area contributed by atoms with Gasteiger partial charge < -0.3 is 11.1 Å². The van der Waals surface area contributed by atoms with E-state index in [9.17, 15) is 18.0 Å². The number of nitrogens with two attached hydrogens (primary N) is 1. The Balaban J connectivity index is 1.65. The lowest BCUT2D eigenvalue weighted by Crippen LogP contribution is -2.13. The topological polar surface area (TPSA) is 68.0 Å². The lowest BCUT2D eigenvalue weighted by Gasteiger charge is -2.08. The standard InChI is InChI=1S/C22H16F3N3OS2/c1-11-19(30-12(2)27-11)13-6-8-16-17(9-7-13)31-20(18(16)26)21(29)28-15-5-3-4-14(10-15)22(23,24)25/h3-10H,1-2H3,(H2-,26,28,29)/p+1. The SMILES string of the molecule is Cc1nc(C)c(-c2ccc3[s+]c(C(=O)Nc4cccc(C(F)(F)F)c4)c(N)c-3cc2)s1. The summed E-state index contributed by atoms with van der Waals surface area (Å²) in [6, 6.07) is 12.1. The van der Waals surface area contributed by atoms with E-state index in [2.05, 4.69) is 10.3 Å². The molecular weight excluding hydrogens is 443 g/mol. The van der Waals surface area contributed by atoms with E-state index in [1.54, 1.807) is 11.3 Å². The van der Waals surface area contributed by atoms with Gasteiger partial charge in [0.15, 0.2) is 0 Å². The maximum absolute atomic E-state index is 12.9. The fourth-order valence-corrected chi connectivity index (χ4v) is 5.18. The molecule has 1 aliphatic heterocycles. The van der Waals surface area contributed by atoms with E-state index in [0.717, 1.165) is 38.2 Å². The summed E-state index contributed by atoms with van der Waals surface area (Å²) in [4.78, 5) is 19.3. The molecule has 0 saturated carbocycles. The van der Waals surface area contributed by atoms with Crippen LogP contribution >= 0.6 is 22.7 Å². The molecule has 31 heavy (non-hydrogen) atoms. The van der Waals surface area contributed by atoms with E-state index >= 15 is 0 Å². The smallest absolute Gasteiger partial charge is 0.393 e. The third-order valence-corrected chi connectivity index (χ3v) is 6.98. The van der Waals surface area contributed by atoms with Gasteiger partial charge in [0.05, 0.1) is 26.7 Å². The van der Waals surface area contributed by atoms with E-state index in [-0.39, 0.29) is 10.6 Å². The summed E-state index contributed by atoms with van der Waals surface area (Å²) in [5.74, 6) is -0.546. The number of rotatable bonds is 3. The van der Waals surface area contributed by atoms with Crippen LogP contribution < -0.4 is 11.1 Å². The number of halogens is 3. The summed E-state index contributed by atoms with van der Waals surface area (Å²) >= 11 is 2.80. The van der Waals surface area contributed by atoms with Crippen molar-refractivity contribution in [2.75, 3.05) is 11.1 Å². The zero-order valence-corrected chi connectivity index (χ0v) is 18.1. The number of benzene rings is 1. The van der Waals surface area contributed by atoms with Gasteiger partial charge in [0.1, 0.15) is 5.69 Å². The van der Waals surface area contributed by atoms with Gasteiger partial charge in [-0.3, -0.25) is 4.79 Å². The zero-order valence-electron chi connectivity index (χ0n) is 16.5. The van der Waals surface area contributed by atoms with Crippen molar-refractivity contribution in [3.05, 3.63) is 69.7 Å². The first-order valence-electron chi connectivity index (χ1n) is 9.22. The molecule has 1 aliphatic carbocycles. The number of thiophene rings is 1. The van der Waals surface area contributed by atoms with Gasteiger partial charge in [0.2, 0.25) is 16.2 Å². The van der Waals surface area contributed by atoms with Crippen LogP contribution in [0.5, 0.6) is 0 Å². The van der Waals surface area contributed by atoms with Gasteiger partial charge in [-0.05, 0) is 49.7 Å². The molecule has 9 heteroatoms. The number of carbonyl (C=O) groups is 1. The third kappa shape index (κ3) is 4.24. The molecule has 0 spiro atoms. The Hall–Kier alpha value is -3.04. The monoisotopic (exact) mass is 460 g/mol. The number of nitrogen functional groups attached to an aromatic ring is 1. The summed E-state index contributed by atoms with van der Waals surface area (Å²) in [7, 11) is 0. The number of alkyl halides is 3. The first-order valence-corrected chi connectivity index (χ1v) is 10.8. The fourth-order valence-electron chi connectivity index (χ4n) is 3.25. The average molecular weight is 461 g/mol. The first kappa shape index (κ1) is 21.2. The van der Waals surface area contributed by atoms with Crippen molar-refractivity contribution in [1.82, 2.24) is 4.98 Å². The Morgan fingerprint density at radius 2 is 1.87 bits per heavy atom. The maximum Gasteiger partial charge on any atom is 0.416 e. The van der Waals surface area contributed by atoms with E-state index in [0.29, 0.717) is 11.3 Å². The highest BCUT2D eigenvalue weighted by molar-refractivity contribution is 7.18. The van der Waals surface area contributed by atoms with Crippen LogP contribution in [0, 0.1) is 13.8 Å². The summed E-state index contributed by atoms with van der Waals surface area (Å²) in [5.41, 5.74) is 8.41. The van der Waals surface area contributed by atoms with Crippen LogP contribution in [0.15, 0.2) is 48.5 Å². The van der Waals surface area contributed by atoms with E-state index in [1.165, 1.54) is 23.5 Å². The number of nitrogens with zero attached hydrogens (tertiary/aromatic N) is 1.